The van der Waals surface area contributed by atoms with E-state index in [0.717, 1.165) is 16.7 Å². The average molecular weight is 407 g/mol. The van der Waals surface area contributed by atoms with Gasteiger partial charge in [0.1, 0.15) is 18.3 Å². The second-order valence-corrected chi connectivity index (χ2v) is 6.91. The number of ether oxygens (including phenoxy) is 2. The summed E-state index contributed by atoms with van der Waals surface area (Å²) in [6, 6.07) is 14.3. The molecule has 1 amide bonds. The Labute approximate surface area is 173 Å². The molecule has 1 aliphatic heterocycles. The first-order valence-corrected chi connectivity index (χ1v) is 9.45. The normalized spacial score (nSPS) is 15.4. The minimum atomic E-state index is -0.682. The number of benzene rings is 2. The monoisotopic (exact) mass is 407 g/mol. The first-order chi connectivity index (χ1) is 14.6. The fourth-order valence-corrected chi connectivity index (χ4v) is 3.53. The van der Waals surface area contributed by atoms with Crippen LogP contribution in [0.2, 0.25) is 0 Å². The van der Waals surface area contributed by atoms with Crippen LogP contribution in [-0.2, 0) is 33.8 Å². The summed E-state index contributed by atoms with van der Waals surface area (Å²) in [5.74, 6) is 0.332. The molecule has 0 radical (unpaired) electrons. The van der Waals surface area contributed by atoms with Crippen molar-refractivity contribution in [3.8, 4) is 17.1 Å². The lowest BCUT2D eigenvalue weighted by Crippen LogP contribution is -2.50. The maximum atomic E-state index is 13.0. The smallest absolute Gasteiger partial charge is 0.328 e. The highest BCUT2D eigenvalue weighted by molar-refractivity contribution is 5.85. The van der Waals surface area contributed by atoms with Crippen LogP contribution in [0, 0.1) is 0 Å². The van der Waals surface area contributed by atoms with Gasteiger partial charge in [-0.2, -0.15) is 4.80 Å². The van der Waals surface area contributed by atoms with Gasteiger partial charge in [0.25, 0.3) is 0 Å². The Kier molecular flexibility index (Phi) is 5.42. The summed E-state index contributed by atoms with van der Waals surface area (Å²) in [7, 11) is 2.90. The number of nitrogens with zero attached hydrogens (tertiary/aromatic N) is 5. The Bertz CT molecular complexity index is 1080. The Hall–Kier alpha value is -3.75. The number of carbonyl (C=O) groups excluding carboxylic acids is 2. The second kappa shape index (κ2) is 8.32. The summed E-state index contributed by atoms with van der Waals surface area (Å²) in [5, 5.41) is 12.3. The van der Waals surface area contributed by atoms with E-state index < -0.39 is 12.0 Å². The van der Waals surface area contributed by atoms with Crippen LogP contribution >= 0.6 is 0 Å². The quantitative estimate of drug-likeness (QED) is 0.591. The summed E-state index contributed by atoms with van der Waals surface area (Å²) < 4.78 is 10.1. The Morgan fingerprint density at radius 2 is 1.90 bits per heavy atom. The molecule has 154 valence electrons. The van der Waals surface area contributed by atoms with E-state index in [1.807, 2.05) is 42.5 Å². The highest BCUT2D eigenvalue weighted by Crippen LogP contribution is 2.25. The molecule has 1 atom stereocenters. The van der Waals surface area contributed by atoms with Gasteiger partial charge in [-0.1, -0.05) is 36.4 Å². The van der Waals surface area contributed by atoms with Crippen LogP contribution in [0.25, 0.3) is 11.4 Å². The van der Waals surface area contributed by atoms with Crippen molar-refractivity contribution in [1.29, 1.82) is 0 Å². The maximum Gasteiger partial charge on any atom is 0.328 e. The van der Waals surface area contributed by atoms with Gasteiger partial charge in [-0.25, -0.2) is 4.79 Å². The molecule has 1 aromatic heterocycles. The lowest BCUT2D eigenvalue weighted by Gasteiger charge is -2.35. The number of carbonyl (C=O) groups is 2. The van der Waals surface area contributed by atoms with Crippen LogP contribution in [0.3, 0.4) is 0 Å². The van der Waals surface area contributed by atoms with Gasteiger partial charge in [0.2, 0.25) is 11.7 Å². The molecular weight excluding hydrogens is 386 g/mol. The lowest BCUT2D eigenvalue weighted by atomic mass is 9.94. The van der Waals surface area contributed by atoms with Crippen LogP contribution in [0.15, 0.2) is 48.5 Å². The van der Waals surface area contributed by atoms with Gasteiger partial charge in [0.05, 0.1) is 14.2 Å². The largest absolute Gasteiger partial charge is 0.497 e. The predicted molar refractivity (Wildman–Crippen MR) is 106 cm³/mol. The summed E-state index contributed by atoms with van der Waals surface area (Å²) in [4.78, 5) is 28.1. The van der Waals surface area contributed by atoms with Gasteiger partial charge in [-0.05, 0) is 28.5 Å². The van der Waals surface area contributed by atoms with Gasteiger partial charge in [-0.15, -0.1) is 10.2 Å². The summed E-state index contributed by atoms with van der Waals surface area (Å²) in [5.41, 5.74) is 2.78. The fraction of sp³-hybridized carbons (Fsp3) is 0.286. The Morgan fingerprint density at radius 3 is 2.67 bits per heavy atom. The van der Waals surface area contributed by atoms with Crippen LogP contribution in [0.5, 0.6) is 5.75 Å². The number of aromatic nitrogens is 4. The van der Waals surface area contributed by atoms with Gasteiger partial charge >= 0.3 is 5.97 Å². The molecular formula is C21H21N5O4. The predicted octanol–water partition coefficient (Wildman–Crippen LogP) is 1.48. The van der Waals surface area contributed by atoms with Crippen LogP contribution in [0.4, 0.5) is 0 Å². The molecule has 0 saturated heterocycles. The van der Waals surface area contributed by atoms with Crippen molar-refractivity contribution in [2.45, 2.75) is 25.6 Å². The van der Waals surface area contributed by atoms with Gasteiger partial charge < -0.3 is 14.4 Å². The zero-order valence-electron chi connectivity index (χ0n) is 16.7. The van der Waals surface area contributed by atoms with Gasteiger partial charge in [-0.3, -0.25) is 4.79 Å². The van der Waals surface area contributed by atoms with E-state index in [4.69, 9.17) is 9.47 Å². The molecule has 2 aromatic carbocycles. The second-order valence-electron chi connectivity index (χ2n) is 6.91. The molecule has 30 heavy (non-hydrogen) atoms. The molecule has 0 bridgehead atoms. The van der Waals surface area contributed by atoms with Crippen molar-refractivity contribution < 1.29 is 19.1 Å². The first-order valence-electron chi connectivity index (χ1n) is 9.45. The number of amides is 1. The number of methoxy groups -OCH3 is 2. The molecule has 9 nitrogen and oxygen atoms in total. The summed E-state index contributed by atoms with van der Waals surface area (Å²) in [6.45, 7) is 0.193. The Balaban J connectivity index is 1.54. The van der Waals surface area contributed by atoms with E-state index in [1.54, 1.807) is 13.2 Å². The molecule has 0 aliphatic carbocycles. The van der Waals surface area contributed by atoms with Crippen molar-refractivity contribution in [2.24, 2.45) is 0 Å². The number of hydrogen-bond donors (Lipinski definition) is 0. The van der Waals surface area contributed by atoms with Crippen LogP contribution in [0.1, 0.15) is 11.1 Å². The van der Waals surface area contributed by atoms with E-state index in [-0.39, 0.29) is 12.5 Å². The molecule has 4 rings (SSSR count). The van der Waals surface area contributed by atoms with Crippen molar-refractivity contribution in [1.82, 2.24) is 25.1 Å². The number of fused-ring (bicyclic) bond motifs is 1. The maximum absolute atomic E-state index is 13.0. The summed E-state index contributed by atoms with van der Waals surface area (Å²) in [6.07, 6.45) is 0.411. The minimum Gasteiger partial charge on any atom is -0.497 e. The van der Waals surface area contributed by atoms with Crippen LogP contribution < -0.4 is 4.74 Å². The van der Waals surface area contributed by atoms with Gasteiger partial charge in [0, 0.05) is 18.5 Å². The molecule has 0 N–H and O–H groups in total. The zero-order chi connectivity index (χ0) is 21.1. The molecule has 0 spiro atoms. The molecule has 0 fully saturated rings. The molecule has 0 saturated carbocycles. The fourth-order valence-electron chi connectivity index (χ4n) is 3.53. The average Bonchev–Trinajstić information content (AvgIpc) is 3.26. The van der Waals surface area contributed by atoms with Gasteiger partial charge in [0.15, 0.2) is 0 Å². The number of esters is 1. The standard InChI is InChI=1S/C21H21N5O4/c1-29-17-9-5-8-15(10-17)20-22-24-26(23-20)13-19(27)25-12-16-7-4-3-6-14(16)11-18(25)21(28)30-2/h3-10,18H,11-13H2,1-2H3/t18-/m0/s1. The summed E-state index contributed by atoms with van der Waals surface area (Å²) >= 11 is 0. The van der Waals surface area contributed by atoms with Crippen molar-refractivity contribution in [3.63, 3.8) is 0 Å². The molecule has 1 aliphatic rings. The third kappa shape index (κ3) is 3.86. The van der Waals surface area contributed by atoms with Crippen molar-refractivity contribution in [2.75, 3.05) is 14.2 Å². The first kappa shape index (κ1) is 19.6. The number of hydrogen-bond acceptors (Lipinski definition) is 7. The zero-order valence-corrected chi connectivity index (χ0v) is 16.7. The van der Waals surface area contributed by atoms with E-state index >= 15 is 0 Å². The molecule has 3 aromatic rings. The SMILES string of the molecule is COC(=O)[C@@H]1Cc2ccccc2CN1C(=O)Cn1nnc(-c2cccc(OC)c2)n1. The lowest BCUT2D eigenvalue weighted by molar-refractivity contribution is -0.154. The van der Waals surface area contributed by atoms with E-state index in [1.165, 1.54) is 16.8 Å². The molecule has 2 heterocycles. The number of tetrazole rings is 1. The molecule has 9 heteroatoms. The topological polar surface area (TPSA) is 99.4 Å². The highest BCUT2D eigenvalue weighted by atomic mass is 16.5. The van der Waals surface area contributed by atoms with E-state index in [9.17, 15) is 9.59 Å². The number of rotatable bonds is 5. The highest BCUT2D eigenvalue weighted by Gasteiger charge is 2.35. The van der Waals surface area contributed by atoms with Crippen molar-refractivity contribution >= 4 is 11.9 Å². The third-order valence-electron chi connectivity index (χ3n) is 5.10. The van der Waals surface area contributed by atoms with Crippen molar-refractivity contribution in [3.05, 3.63) is 59.7 Å². The third-order valence-corrected chi connectivity index (χ3v) is 5.10. The molecule has 0 unspecified atom stereocenters. The minimum absolute atomic E-state index is 0.132. The van der Waals surface area contributed by atoms with E-state index in [0.29, 0.717) is 24.5 Å². The van der Waals surface area contributed by atoms with E-state index in [2.05, 4.69) is 15.4 Å². The van der Waals surface area contributed by atoms with Crippen LogP contribution in [-0.4, -0.2) is 57.2 Å². The Morgan fingerprint density at radius 1 is 1.10 bits per heavy atom.